The van der Waals surface area contributed by atoms with E-state index < -0.39 is 40.1 Å². The summed E-state index contributed by atoms with van der Waals surface area (Å²) < 4.78 is 9.67. The Morgan fingerprint density at radius 3 is 2.66 bits per heavy atom. The molecule has 0 spiro atoms. The number of aliphatic carboxylic acids is 1. The van der Waals surface area contributed by atoms with Gasteiger partial charge in [-0.15, -0.1) is 11.8 Å². The normalized spacial score (nSPS) is 20.5. The highest BCUT2D eigenvalue weighted by atomic mass is 35.5. The second kappa shape index (κ2) is 9.51. The van der Waals surface area contributed by atoms with Crippen LogP contribution in [0.25, 0.3) is 11.3 Å². The van der Waals surface area contributed by atoms with Crippen LogP contribution in [0.2, 0.25) is 5.02 Å². The van der Waals surface area contributed by atoms with Crippen LogP contribution in [-0.4, -0.2) is 56.9 Å². The summed E-state index contributed by atoms with van der Waals surface area (Å²) in [7, 11) is 0. The maximum atomic E-state index is 13.3. The standard InChI is InChI=1S/C21H24ClN3O6S/c1-5-30-20(29)15(18-24-16(19(27)28)21(3,4)32-18)23-17(26)13-10(2)31-25-14(13)11-8-6-7-9-12(11)22/h6-9,15-16,18,24H,5H2,1-4H3,(H,23,26)(H,27,28)/t15?,16-,18?/m0/s1. The van der Waals surface area contributed by atoms with Gasteiger partial charge in [0.2, 0.25) is 0 Å². The lowest BCUT2D eigenvalue weighted by Crippen LogP contribution is -2.54. The Labute approximate surface area is 194 Å². The molecular weight excluding hydrogens is 458 g/mol. The predicted octanol–water partition coefficient (Wildman–Crippen LogP) is 2.86. The SMILES string of the molecule is CCOC(=O)C(NC(=O)c1c(-c2ccccc2Cl)noc1C)C1N[C@@H](C(=O)O)C(C)(C)S1. The first-order valence-electron chi connectivity index (χ1n) is 9.92. The van der Waals surface area contributed by atoms with Gasteiger partial charge in [-0.2, -0.15) is 0 Å². The number of carboxylic acids is 1. The molecule has 1 aliphatic rings. The molecule has 1 aliphatic heterocycles. The van der Waals surface area contributed by atoms with Crippen LogP contribution >= 0.6 is 23.4 Å². The average molecular weight is 482 g/mol. The Morgan fingerprint density at radius 2 is 2.06 bits per heavy atom. The summed E-state index contributed by atoms with van der Waals surface area (Å²) >= 11 is 7.51. The number of nitrogens with one attached hydrogen (secondary N) is 2. The van der Waals surface area contributed by atoms with Crippen molar-refractivity contribution in [2.75, 3.05) is 6.61 Å². The summed E-state index contributed by atoms with van der Waals surface area (Å²) in [6.45, 7) is 6.84. The zero-order chi connectivity index (χ0) is 23.6. The van der Waals surface area contributed by atoms with E-state index in [2.05, 4.69) is 15.8 Å². The highest BCUT2D eigenvalue weighted by Crippen LogP contribution is 2.39. The van der Waals surface area contributed by atoms with Crippen molar-refractivity contribution in [2.45, 2.75) is 49.9 Å². The molecule has 32 heavy (non-hydrogen) atoms. The number of carboxylic acid groups (broad SMARTS) is 1. The number of ether oxygens (including phenoxy) is 1. The van der Waals surface area contributed by atoms with Gasteiger partial charge in [0, 0.05) is 10.3 Å². The van der Waals surface area contributed by atoms with E-state index in [0.717, 1.165) is 0 Å². The number of aromatic nitrogens is 1. The Hall–Kier alpha value is -2.56. The number of benzene rings is 1. The van der Waals surface area contributed by atoms with E-state index in [1.54, 1.807) is 52.0 Å². The van der Waals surface area contributed by atoms with Gasteiger partial charge in [-0.1, -0.05) is 35.0 Å². The molecule has 172 valence electrons. The van der Waals surface area contributed by atoms with E-state index in [9.17, 15) is 19.5 Å². The Balaban J connectivity index is 1.93. The Bertz CT molecular complexity index is 1040. The molecular formula is C21H24ClN3O6S. The number of halogens is 1. The van der Waals surface area contributed by atoms with Crippen LogP contribution in [0.5, 0.6) is 0 Å². The number of hydrogen-bond donors (Lipinski definition) is 3. The number of esters is 1. The molecule has 0 saturated carbocycles. The molecule has 2 aromatic rings. The van der Waals surface area contributed by atoms with E-state index in [0.29, 0.717) is 10.6 Å². The average Bonchev–Trinajstić information content (AvgIpc) is 3.25. The fourth-order valence-electron chi connectivity index (χ4n) is 3.51. The van der Waals surface area contributed by atoms with Gasteiger partial charge in [0.25, 0.3) is 5.91 Å². The Morgan fingerprint density at radius 1 is 1.38 bits per heavy atom. The van der Waals surface area contributed by atoms with Crippen LogP contribution in [-0.2, 0) is 14.3 Å². The molecule has 2 unspecified atom stereocenters. The van der Waals surface area contributed by atoms with E-state index in [1.807, 2.05) is 0 Å². The smallest absolute Gasteiger partial charge is 0.331 e. The zero-order valence-corrected chi connectivity index (χ0v) is 19.5. The monoisotopic (exact) mass is 481 g/mol. The van der Waals surface area contributed by atoms with E-state index in [-0.39, 0.29) is 23.6 Å². The quantitative estimate of drug-likeness (QED) is 0.511. The van der Waals surface area contributed by atoms with Gasteiger partial charge in [0.05, 0.1) is 17.0 Å². The van der Waals surface area contributed by atoms with Crippen LogP contribution in [0.15, 0.2) is 28.8 Å². The van der Waals surface area contributed by atoms with Crippen molar-refractivity contribution in [1.82, 2.24) is 15.8 Å². The van der Waals surface area contributed by atoms with Gasteiger partial charge in [-0.3, -0.25) is 14.9 Å². The molecule has 1 amide bonds. The van der Waals surface area contributed by atoms with Gasteiger partial charge in [-0.05, 0) is 33.8 Å². The van der Waals surface area contributed by atoms with Gasteiger partial charge in [0.1, 0.15) is 23.1 Å². The Kier molecular flexibility index (Phi) is 7.16. The molecule has 1 aromatic carbocycles. The van der Waals surface area contributed by atoms with Crippen LogP contribution in [0, 0.1) is 6.92 Å². The maximum absolute atomic E-state index is 13.3. The summed E-state index contributed by atoms with van der Waals surface area (Å²) in [4.78, 5) is 37.6. The third-order valence-electron chi connectivity index (χ3n) is 5.05. The van der Waals surface area contributed by atoms with Crippen molar-refractivity contribution >= 4 is 41.2 Å². The zero-order valence-electron chi connectivity index (χ0n) is 18.0. The number of amides is 1. The first kappa shape index (κ1) is 24.1. The molecule has 3 rings (SSSR count). The molecule has 1 fully saturated rings. The second-order valence-electron chi connectivity index (χ2n) is 7.73. The largest absolute Gasteiger partial charge is 0.480 e. The molecule has 1 saturated heterocycles. The lowest BCUT2D eigenvalue weighted by molar-refractivity contribution is -0.146. The number of carbonyl (C=O) groups excluding carboxylic acids is 2. The van der Waals surface area contributed by atoms with Gasteiger partial charge in [0.15, 0.2) is 6.04 Å². The summed E-state index contributed by atoms with van der Waals surface area (Å²) in [6.07, 6.45) is 0. The molecule has 9 nitrogen and oxygen atoms in total. The van der Waals surface area contributed by atoms with Gasteiger partial charge < -0.3 is 19.7 Å². The van der Waals surface area contributed by atoms with E-state index in [4.69, 9.17) is 20.9 Å². The number of aryl methyl sites for hydroxylation is 1. The summed E-state index contributed by atoms with van der Waals surface area (Å²) in [5.74, 6) is -2.09. The molecule has 11 heteroatoms. The van der Waals surface area contributed by atoms with Crippen molar-refractivity contribution in [3.05, 3.63) is 40.6 Å². The predicted molar refractivity (Wildman–Crippen MR) is 120 cm³/mol. The molecule has 3 N–H and O–H groups in total. The highest BCUT2D eigenvalue weighted by Gasteiger charge is 2.50. The fraction of sp³-hybridized carbons (Fsp3) is 0.429. The highest BCUT2D eigenvalue weighted by molar-refractivity contribution is 8.01. The number of thioether (sulfide) groups is 1. The third kappa shape index (κ3) is 4.77. The third-order valence-corrected chi connectivity index (χ3v) is 6.89. The molecule has 3 atom stereocenters. The van der Waals surface area contributed by atoms with Crippen molar-refractivity contribution in [1.29, 1.82) is 0 Å². The van der Waals surface area contributed by atoms with Gasteiger partial charge in [-0.25, -0.2) is 4.79 Å². The minimum Gasteiger partial charge on any atom is -0.480 e. The number of nitrogens with zero attached hydrogens (tertiary/aromatic N) is 1. The van der Waals surface area contributed by atoms with E-state index in [1.165, 1.54) is 11.8 Å². The summed E-state index contributed by atoms with van der Waals surface area (Å²) in [6, 6.07) is 4.80. The van der Waals surface area contributed by atoms with E-state index >= 15 is 0 Å². The first-order chi connectivity index (χ1) is 15.1. The fourth-order valence-corrected chi connectivity index (χ4v) is 5.21. The van der Waals surface area contributed by atoms with Crippen molar-refractivity contribution in [3.63, 3.8) is 0 Å². The number of carbonyl (C=O) groups is 3. The van der Waals surface area contributed by atoms with Crippen LogP contribution in [0.3, 0.4) is 0 Å². The lowest BCUT2D eigenvalue weighted by atomic mass is 10.0. The van der Waals surface area contributed by atoms with Crippen molar-refractivity contribution in [3.8, 4) is 11.3 Å². The number of rotatable bonds is 7. The molecule has 0 bridgehead atoms. The first-order valence-corrected chi connectivity index (χ1v) is 11.2. The topological polar surface area (TPSA) is 131 Å². The van der Waals surface area contributed by atoms with Crippen molar-refractivity contribution in [2.24, 2.45) is 0 Å². The minimum absolute atomic E-state index is 0.103. The van der Waals surface area contributed by atoms with Crippen molar-refractivity contribution < 1.29 is 28.8 Å². The maximum Gasteiger partial charge on any atom is 0.331 e. The molecule has 2 heterocycles. The minimum atomic E-state index is -1.15. The number of hydrogen-bond acceptors (Lipinski definition) is 8. The van der Waals surface area contributed by atoms with Crippen LogP contribution < -0.4 is 10.6 Å². The second-order valence-corrected chi connectivity index (χ2v) is 9.93. The van der Waals surface area contributed by atoms with Gasteiger partial charge >= 0.3 is 11.9 Å². The lowest BCUT2D eigenvalue weighted by Gasteiger charge is -2.23. The molecule has 0 radical (unpaired) electrons. The summed E-state index contributed by atoms with van der Waals surface area (Å²) in [5, 5.41) is 18.8. The van der Waals surface area contributed by atoms with Crippen LogP contribution in [0.1, 0.15) is 36.9 Å². The summed E-state index contributed by atoms with van der Waals surface area (Å²) in [5.41, 5.74) is 0.873. The molecule has 0 aliphatic carbocycles. The molecule has 1 aromatic heterocycles. The van der Waals surface area contributed by atoms with Crippen LogP contribution in [0.4, 0.5) is 0 Å².